The summed E-state index contributed by atoms with van der Waals surface area (Å²) in [4.78, 5) is 63.1. The average molecular weight is 673 g/mol. The topological polar surface area (TPSA) is 135 Å². The van der Waals surface area contributed by atoms with Gasteiger partial charge in [0.1, 0.15) is 24.6 Å². The molecule has 0 spiro atoms. The number of nitrogens with zero attached hydrogens (tertiary/aromatic N) is 5. The molecule has 2 fully saturated rings. The van der Waals surface area contributed by atoms with Crippen LogP contribution >= 0.6 is 0 Å². The molecular formula is C35H37FN6O7. The maximum Gasteiger partial charge on any atom is 0.414 e. The number of cyclic esters (lactones) is 1. The average Bonchev–Trinajstić information content (AvgIpc) is 3.52. The Labute approximate surface area is 281 Å². The number of aromatic nitrogens is 2. The Morgan fingerprint density at radius 1 is 0.959 bits per heavy atom. The number of nitrogens with one attached hydrogen (secondary N) is 1. The quantitative estimate of drug-likeness (QED) is 0.290. The predicted molar refractivity (Wildman–Crippen MR) is 179 cm³/mol. The Bertz CT molecular complexity index is 1920. The zero-order chi connectivity index (χ0) is 34.7. The SMILES string of the molecule is CC(C)(C)OC(=O)N1CCN(c2cc(N3CCOC3=O)c3nc(C(=O)NCc4ccc(F)cc4)c(OCc4ccccc4)c(=O)n3c2)CC1. The fourth-order valence-electron chi connectivity index (χ4n) is 5.53. The minimum absolute atomic E-state index is 0.0142. The molecule has 0 aliphatic carbocycles. The van der Waals surface area contributed by atoms with Gasteiger partial charge in [0.25, 0.3) is 5.91 Å². The van der Waals surface area contributed by atoms with Gasteiger partial charge in [-0.1, -0.05) is 42.5 Å². The fourth-order valence-corrected chi connectivity index (χ4v) is 5.53. The van der Waals surface area contributed by atoms with Gasteiger partial charge in [-0.25, -0.2) is 19.0 Å². The number of fused-ring (bicyclic) bond motifs is 1. The Kier molecular flexibility index (Phi) is 9.38. The van der Waals surface area contributed by atoms with Crippen molar-refractivity contribution in [3.8, 4) is 5.75 Å². The van der Waals surface area contributed by atoms with Crippen LogP contribution < -0.4 is 25.4 Å². The third kappa shape index (κ3) is 7.58. The van der Waals surface area contributed by atoms with Gasteiger partial charge in [0.05, 0.1) is 17.9 Å². The number of amides is 3. The molecule has 256 valence electrons. The van der Waals surface area contributed by atoms with Crippen LogP contribution in [-0.4, -0.2) is 77.3 Å². The van der Waals surface area contributed by atoms with E-state index in [0.717, 1.165) is 5.56 Å². The van der Waals surface area contributed by atoms with Crippen molar-refractivity contribution < 1.29 is 33.0 Å². The molecule has 0 saturated carbocycles. The van der Waals surface area contributed by atoms with Gasteiger partial charge in [0, 0.05) is 38.9 Å². The number of carbonyl (C=O) groups excluding carboxylic acids is 3. The van der Waals surface area contributed by atoms with E-state index in [1.807, 2.05) is 56.0 Å². The first-order valence-corrected chi connectivity index (χ1v) is 15.9. The largest absolute Gasteiger partial charge is 0.481 e. The molecule has 13 nitrogen and oxygen atoms in total. The first-order chi connectivity index (χ1) is 23.5. The molecule has 4 aromatic rings. The predicted octanol–water partition coefficient (Wildman–Crippen LogP) is 4.36. The third-order valence-electron chi connectivity index (χ3n) is 8.00. The molecule has 2 aliphatic rings. The van der Waals surface area contributed by atoms with E-state index in [9.17, 15) is 23.6 Å². The lowest BCUT2D eigenvalue weighted by molar-refractivity contribution is 0.0240. The molecule has 49 heavy (non-hydrogen) atoms. The van der Waals surface area contributed by atoms with Gasteiger partial charge in [-0.2, -0.15) is 0 Å². The molecule has 0 atom stereocenters. The van der Waals surface area contributed by atoms with Gasteiger partial charge in [0.2, 0.25) is 5.75 Å². The Morgan fingerprint density at radius 3 is 2.33 bits per heavy atom. The minimum atomic E-state index is -0.690. The van der Waals surface area contributed by atoms with Gasteiger partial charge < -0.3 is 29.3 Å². The molecule has 2 aromatic heterocycles. The number of benzene rings is 2. The molecule has 4 heterocycles. The number of halogens is 1. The lowest BCUT2D eigenvalue weighted by atomic mass is 10.2. The molecule has 2 aromatic carbocycles. The Morgan fingerprint density at radius 2 is 1.67 bits per heavy atom. The van der Waals surface area contributed by atoms with Crippen molar-refractivity contribution in [2.24, 2.45) is 0 Å². The second-order valence-corrected chi connectivity index (χ2v) is 12.7. The van der Waals surface area contributed by atoms with E-state index in [2.05, 4.69) is 10.3 Å². The van der Waals surface area contributed by atoms with Crippen molar-refractivity contribution in [2.75, 3.05) is 49.1 Å². The summed E-state index contributed by atoms with van der Waals surface area (Å²) >= 11 is 0. The number of anilines is 2. The Balaban J connectivity index is 1.39. The van der Waals surface area contributed by atoms with Crippen molar-refractivity contribution in [3.05, 3.63) is 99.9 Å². The number of hydrogen-bond donors (Lipinski definition) is 1. The first-order valence-electron chi connectivity index (χ1n) is 15.9. The van der Waals surface area contributed by atoms with Crippen LogP contribution in [0.25, 0.3) is 5.65 Å². The van der Waals surface area contributed by atoms with Gasteiger partial charge in [-0.05, 0) is 50.1 Å². The third-order valence-corrected chi connectivity index (χ3v) is 8.00. The van der Waals surface area contributed by atoms with Gasteiger partial charge in [-0.3, -0.25) is 18.9 Å². The highest BCUT2D eigenvalue weighted by Gasteiger charge is 2.31. The monoisotopic (exact) mass is 672 g/mol. The summed E-state index contributed by atoms with van der Waals surface area (Å²) in [6, 6.07) is 16.5. The lowest BCUT2D eigenvalue weighted by Gasteiger charge is -2.37. The highest BCUT2D eigenvalue weighted by atomic mass is 19.1. The van der Waals surface area contributed by atoms with Crippen molar-refractivity contribution in [1.29, 1.82) is 0 Å². The van der Waals surface area contributed by atoms with Gasteiger partial charge in [-0.15, -0.1) is 0 Å². The maximum atomic E-state index is 14.3. The van der Waals surface area contributed by atoms with Crippen LogP contribution in [0.5, 0.6) is 5.75 Å². The summed E-state index contributed by atoms with van der Waals surface area (Å²) < 4.78 is 31.5. The molecule has 6 rings (SSSR count). The summed E-state index contributed by atoms with van der Waals surface area (Å²) in [6.45, 7) is 7.41. The molecule has 2 aliphatic heterocycles. The maximum absolute atomic E-state index is 14.3. The van der Waals surface area contributed by atoms with Crippen molar-refractivity contribution in [1.82, 2.24) is 19.6 Å². The number of pyridine rings is 1. The fraction of sp³-hybridized carbons (Fsp3) is 0.343. The second kappa shape index (κ2) is 13.8. The van der Waals surface area contributed by atoms with Crippen LogP contribution in [0, 0.1) is 5.82 Å². The molecule has 14 heteroatoms. The van der Waals surface area contributed by atoms with Crippen LogP contribution in [0.15, 0.2) is 71.7 Å². The van der Waals surface area contributed by atoms with E-state index >= 15 is 0 Å². The van der Waals surface area contributed by atoms with E-state index in [0.29, 0.717) is 37.4 Å². The highest BCUT2D eigenvalue weighted by molar-refractivity contribution is 5.98. The molecular weight excluding hydrogens is 635 g/mol. The molecule has 1 N–H and O–H groups in total. The van der Waals surface area contributed by atoms with Crippen LogP contribution in [0.3, 0.4) is 0 Å². The lowest BCUT2D eigenvalue weighted by Crippen LogP contribution is -2.50. The number of hydrogen-bond acceptors (Lipinski definition) is 9. The van der Waals surface area contributed by atoms with Crippen molar-refractivity contribution in [3.63, 3.8) is 0 Å². The molecule has 0 bridgehead atoms. The molecule has 0 radical (unpaired) electrons. The van der Waals surface area contributed by atoms with E-state index in [1.165, 1.54) is 33.6 Å². The van der Waals surface area contributed by atoms with Crippen LogP contribution in [0.4, 0.5) is 25.4 Å². The van der Waals surface area contributed by atoms with Gasteiger partial charge >= 0.3 is 17.7 Å². The van der Waals surface area contributed by atoms with Crippen molar-refractivity contribution in [2.45, 2.75) is 39.5 Å². The van der Waals surface area contributed by atoms with E-state index < -0.39 is 35.1 Å². The summed E-state index contributed by atoms with van der Waals surface area (Å²) in [5, 5.41) is 2.75. The molecule has 0 unspecified atom stereocenters. The zero-order valence-electron chi connectivity index (χ0n) is 27.5. The van der Waals surface area contributed by atoms with Crippen molar-refractivity contribution >= 4 is 35.1 Å². The standard InChI is InChI=1S/C35H37FN6O7/c1-35(2,3)49-33(45)40-15-13-39(14-16-40)26-19-27(41-17-18-47-34(41)46)30-38-28(31(43)37-20-23-9-11-25(36)12-10-23)29(32(44)42(30)21-26)48-22-24-7-5-4-6-8-24/h4-12,19,21H,13-18,20,22H2,1-3H3,(H,37,43). The number of rotatable bonds is 8. The van der Waals surface area contributed by atoms with E-state index in [4.69, 9.17) is 14.2 Å². The normalized spacial score (nSPS) is 14.9. The Hall–Kier alpha value is -5.66. The summed E-state index contributed by atoms with van der Waals surface area (Å²) in [7, 11) is 0. The first kappa shape index (κ1) is 33.2. The smallest absolute Gasteiger partial charge is 0.414 e. The number of carbonyl (C=O) groups is 3. The summed E-state index contributed by atoms with van der Waals surface area (Å²) in [5.41, 5.74) is 0.770. The second-order valence-electron chi connectivity index (χ2n) is 12.7. The minimum Gasteiger partial charge on any atom is -0.481 e. The van der Waals surface area contributed by atoms with Crippen LogP contribution in [0.2, 0.25) is 0 Å². The number of piperazine rings is 1. The highest BCUT2D eigenvalue weighted by Crippen LogP contribution is 2.31. The van der Waals surface area contributed by atoms with E-state index in [-0.39, 0.29) is 49.1 Å². The number of ether oxygens (including phenoxy) is 3. The van der Waals surface area contributed by atoms with Gasteiger partial charge in [0.15, 0.2) is 11.3 Å². The zero-order valence-corrected chi connectivity index (χ0v) is 27.5. The summed E-state index contributed by atoms with van der Waals surface area (Å²) in [6.07, 6.45) is 0.570. The molecule has 3 amide bonds. The van der Waals surface area contributed by atoms with Crippen LogP contribution in [0.1, 0.15) is 42.4 Å². The molecule has 2 saturated heterocycles. The summed E-state index contributed by atoms with van der Waals surface area (Å²) in [5.74, 6) is -1.38. The van der Waals surface area contributed by atoms with E-state index in [1.54, 1.807) is 17.2 Å². The van der Waals surface area contributed by atoms with Crippen LogP contribution in [-0.2, 0) is 22.6 Å².